The molecule has 0 aliphatic heterocycles. The number of hydrogen-bond donors (Lipinski definition) is 1. The second kappa shape index (κ2) is 11.4. The molecule has 2 heterocycles. The van der Waals surface area contributed by atoms with Crippen LogP contribution >= 0.6 is 23.1 Å². The molecule has 33 heavy (non-hydrogen) atoms. The van der Waals surface area contributed by atoms with Crippen LogP contribution in [0, 0.1) is 0 Å². The zero-order chi connectivity index (χ0) is 22.9. The number of thioether (sulfide) groups is 1. The van der Waals surface area contributed by atoms with Gasteiger partial charge in [-0.05, 0) is 36.4 Å². The molecule has 4 rings (SSSR count). The highest BCUT2D eigenvalue weighted by atomic mass is 32.2. The molecule has 0 bridgehead atoms. The van der Waals surface area contributed by atoms with Crippen molar-refractivity contribution < 1.29 is 18.8 Å². The van der Waals surface area contributed by atoms with Crippen molar-refractivity contribution in [3.05, 3.63) is 60.5 Å². The van der Waals surface area contributed by atoms with Crippen LogP contribution in [0.1, 0.15) is 12.3 Å². The molecule has 0 unspecified atom stereocenters. The fourth-order valence-electron chi connectivity index (χ4n) is 2.74. The maximum Gasteiger partial charge on any atom is 0.227 e. The maximum absolute atomic E-state index is 12.3. The Labute approximate surface area is 198 Å². The van der Waals surface area contributed by atoms with Crippen molar-refractivity contribution in [2.75, 3.05) is 24.8 Å². The lowest BCUT2D eigenvalue weighted by Crippen LogP contribution is -2.12. The molecular formula is C22H21N5O4S2. The Morgan fingerprint density at radius 1 is 1.09 bits per heavy atom. The summed E-state index contributed by atoms with van der Waals surface area (Å²) in [6.07, 6.45) is 0.517. The van der Waals surface area contributed by atoms with E-state index in [9.17, 15) is 4.79 Å². The summed E-state index contributed by atoms with van der Waals surface area (Å²) in [4.78, 5) is 16.6. The molecule has 11 heteroatoms. The molecule has 1 amide bonds. The Morgan fingerprint density at radius 3 is 2.70 bits per heavy atom. The average Bonchev–Trinajstić information content (AvgIpc) is 3.51. The Balaban J connectivity index is 1.19. The summed E-state index contributed by atoms with van der Waals surface area (Å²) in [5, 5.41) is 15.3. The number of nitrogens with zero attached hydrogens (tertiary/aromatic N) is 4. The number of benzene rings is 2. The van der Waals surface area contributed by atoms with Crippen LogP contribution < -0.4 is 14.8 Å². The number of methoxy groups -OCH3 is 1. The molecule has 4 aromatic rings. The van der Waals surface area contributed by atoms with Crippen LogP contribution in [-0.2, 0) is 11.2 Å². The van der Waals surface area contributed by atoms with Crippen LogP contribution in [0.4, 0.5) is 5.13 Å². The van der Waals surface area contributed by atoms with Crippen LogP contribution in [0.15, 0.2) is 63.5 Å². The van der Waals surface area contributed by atoms with Crippen molar-refractivity contribution in [3.8, 4) is 22.9 Å². The third-order valence-corrected chi connectivity index (χ3v) is 6.29. The predicted molar refractivity (Wildman–Crippen MR) is 126 cm³/mol. The average molecular weight is 484 g/mol. The van der Waals surface area contributed by atoms with Gasteiger partial charge in [0.15, 0.2) is 4.34 Å². The lowest BCUT2D eigenvalue weighted by molar-refractivity contribution is -0.116. The molecule has 0 spiro atoms. The Kier molecular flexibility index (Phi) is 7.88. The van der Waals surface area contributed by atoms with Gasteiger partial charge in [-0.15, -0.1) is 10.2 Å². The van der Waals surface area contributed by atoms with Gasteiger partial charge < -0.3 is 19.3 Å². The van der Waals surface area contributed by atoms with E-state index in [0.29, 0.717) is 29.9 Å². The molecule has 0 radical (unpaired) electrons. The number of para-hydroxylation sites is 1. The largest absolute Gasteiger partial charge is 0.497 e. The topological polar surface area (TPSA) is 112 Å². The Hall–Kier alpha value is -3.44. The fraction of sp³-hybridized carbons (Fsp3) is 0.227. The van der Waals surface area contributed by atoms with Crippen molar-refractivity contribution in [1.29, 1.82) is 0 Å². The lowest BCUT2D eigenvalue weighted by atomic mass is 10.2. The first-order valence-electron chi connectivity index (χ1n) is 10.1. The maximum atomic E-state index is 12.3. The van der Waals surface area contributed by atoms with Gasteiger partial charge in [-0.1, -0.05) is 46.5 Å². The van der Waals surface area contributed by atoms with Gasteiger partial charge in [0.05, 0.1) is 13.7 Å². The first-order valence-corrected chi connectivity index (χ1v) is 11.9. The van der Waals surface area contributed by atoms with E-state index in [2.05, 4.69) is 25.7 Å². The highest BCUT2D eigenvalue weighted by Gasteiger charge is 2.13. The highest BCUT2D eigenvalue weighted by molar-refractivity contribution is 8.01. The van der Waals surface area contributed by atoms with Gasteiger partial charge in [0, 0.05) is 24.2 Å². The molecule has 9 nitrogen and oxygen atoms in total. The predicted octanol–water partition coefficient (Wildman–Crippen LogP) is 4.34. The van der Waals surface area contributed by atoms with Gasteiger partial charge in [0.1, 0.15) is 11.5 Å². The van der Waals surface area contributed by atoms with Crippen molar-refractivity contribution in [1.82, 2.24) is 20.3 Å². The van der Waals surface area contributed by atoms with Gasteiger partial charge in [-0.2, -0.15) is 4.98 Å². The summed E-state index contributed by atoms with van der Waals surface area (Å²) in [5.74, 6) is 2.97. The van der Waals surface area contributed by atoms with Gasteiger partial charge in [0.25, 0.3) is 0 Å². The van der Waals surface area contributed by atoms with Crippen LogP contribution in [-0.4, -0.2) is 45.7 Å². The molecular weight excluding hydrogens is 462 g/mol. The highest BCUT2D eigenvalue weighted by Crippen LogP contribution is 2.26. The zero-order valence-electron chi connectivity index (χ0n) is 17.8. The number of hydrogen-bond acceptors (Lipinski definition) is 10. The number of aromatic nitrogens is 4. The van der Waals surface area contributed by atoms with E-state index in [0.717, 1.165) is 27.2 Å². The van der Waals surface area contributed by atoms with Crippen LogP contribution in [0.25, 0.3) is 11.4 Å². The van der Waals surface area contributed by atoms with E-state index in [1.165, 1.54) is 23.1 Å². The quantitative estimate of drug-likeness (QED) is 0.189. The second-order valence-corrected chi connectivity index (χ2v) is 8.99. The van der Waals surface area contributed by atoms with Gasteiger partial charge in [0.2, 0.25) is 22.8 Å². The van der Waals surface area contributed by atoms with Crippen molar-refractivity contribution in [3.63, 3.8) is 0 Å². The molecule has 1 N–H and O–H groups in total. The second-order valence-electron chi connectivity index (χ2n) is 6.67. The number of nitrogens with one attached hydrogen (secondary N) is 1. The van der Waals surface area contributed by atoms with Crippen LogP contribution in [0.2, 0.25) is 0 Å². The van der Waals surface area contributed by atoms with E-state index in [1.807, 2.05) is 54.6 Å². The number of carbonyl (C=O) groups excluding carboxylic acids is 1. The molecule has 0 aliphatic rings. The Morgan fingerprint density at radius 2 is 1.91 bits per heavy atom. The molecule has 170 valence electrons. The third kappa shape index (κ3) is 6.77. The number of rotatable bonds is 11. The number of ether oxygens (including phenoxy) is 2. The summed E-state index contributed by atoms with van der Waals surface area (Å²) < 4.78 is 16.8. The molecule has 0 aliphatic carbocycles. The molecule has 0 fully saturated rings. The number of aryl methyl sites for hydroxylation is 1. The standard InChI is InChI=1S/C22H21N5O4S2/c1-29-16-9-7-15(8-10-16)20-24-19(31-27-20)12-11-18(28)23-21-25-26-22(33-21)32-14-13-30-17-5-3-2-4-6-17/h2-10H,11-14H2,1H3,(H,23,25,28). The zero-order valence-corrected chi connectivity index (χ0v) is 19.4. The third-order valence-electron chi connectivity index (χ3n) is 4.36. The van der Waals surface area contributed by atoms with Crippen molar-refractivity contribution >= 4 is 34.1 Å². The smallest absolute Gasteiger partial charge is 0.227 e. The number of amides is 1. The molecule has 2 aromatic carbocycles. The van der Waals surface area contributed by atoms with Gasteiger partial charge >= 0.3 is 0 Å². The first-order chi connectivity index (χ1) is 16.2. The SMILES string of the molecule is COc1ccc(-c2noc(CCC(=O)Nc3nnc(SCCOc4ccccc4)s3)n2)cc1. The summed E-state index contributed by atoms with van der Waals surface area (Å²) >= 11 is 2.85. The minimum Gasteiger partial charge on any atom is -0.497 e. The monoisotopic (exact) mass is 483 g/mol. The summed E-state index contributed by atoms with van der Waals surface area (Å²) in [6.45, 7) is 0.554. The van der Waals surface area contributed by atoms with E-state index in [1.54, 1.807) is 7.11 Å². The minimum atomic E-state index is -0.195. The minimum absolute atomic E-state index is 0.192. The van der Waals surface area contributed by atoms with E-state index in [4.69, 9.17) is 14.0 Å². The van der Waals surface area contributed by atoms with E-state index >= 15 is 0 Å². The van der Waals surface area contributed by atoms with E-state index in [-0.39, 0.29) is 12.3 Å². The fourth-order valence-corrected chi connectivity index (χ4v) is 4.40. The van der Waals surface area contributed by atoms with E-state index < -0.39 is 0 Å². The van der Waals surface area contributed by atoms with Gasteiger partial charge in [-0.3, -0.25) is 4.79 Å². The molecule has 0 saturated heterocycles. The van der Waals surface area contributed by atoms with Crippen molar-refractivity contribution in [2.45, 2.75) is 17.2 Å². The normalized spacial score (nSPS) is 10.7. The molecule has 0 atom stereocenters. The summed E-state index contributed by atoms with van der Waals surface area (Å²) in [7, 11) is 1.61. The lowest BCUT2D eigenvalue weighted by Gasteiger charge is -2.03. The molecule has 0 saturated carbocycles. The summed E-state index contributed by atoms with van der Waals surface area (Å²) in [5.41, 5.74) is 0.809. The Bertz CT molecular complexity index is 1170. The summed E-state index contributed by atoms with van der Waals surface area (Å²) in [6, 6.07) is 17.0. The van der Waals surface area contributed by atoms with Crippen LogP contribution in [0.3, 0.4) is 0 Å². The van der Waals surface area contributed by atoms with Gasteiger partial charge in [-0.25, -0.2) is 0 Å². The van der Waals surface area contributed by atoms with Crippen LogP contribution in [0.5, 0.6) is 11.5 Å². The number of anilines is 1. The number of carbonyl (C=O) groups is 1. The first kappa shape index (κ1) is 22.7. The van der Waals surface area contributed by atoms with Crippen molar-refractivity contribution in [2.24, 2.45) is 0 Å². The molecule has 2 aromatic heterocycles.